The molecule has 0 spiro atoms. The van der Waals surface area contributed by atoms with Crippen LogP contribution < -0.4 is 15.0 Å². The smallest absolute Gasteiger partial charge is 0.258 e. The number of hydrogen-bond donors (Lipinski definition) is 0. The van der Waals surface area contributed by atoms with Gasteiger partial charge < -0.3 is 9.47 Å². The molecule has 1 aromatic carbocycles. The van der Waals surface area contributed by atoms with Gasteiger partial charge in [-0.25, -0.2) is 4.98 Å². The fraction of sp³-hybridized carbons (Fsp3) is 0.200. The van der Waals surface area contributed by atoms with Crippen LogP contribution in [-0.2, 0) is 6.61 Å². The Balaban J connectivity index is 1.82. The molecule has 2 aromatic heterocycles. The van der Waals surface area contributed by atoms with Crippen molar-refractivity contribution >= 4 is 16.3 Å². The molecule has 0 atom stereocenters. The quantitative estimate of drug-likeness (QED) is 0.727. The first kappa shape index (κ1) is 13.6. The molecule has 0 aliphatic rings. The highest BCUT2D eigenvalue weighted by Crippen LogP contribution is 2.26. The van der Waals surface area contributed by atoms with E-state index < -0.39 is 0 Å². The van der Waals surface area contributed by atoms with Gasteiger partial charge >= 0.3 is 0 Å². The van der Waals surface area contributed by atoms with Crippen LogP contribution in [0.2, 0.25) is 0 Å². The van der Waals surface area contributed by atoms with Crippen LogP contribution in [0.4, 0.5) is 0 Å². The molecule has 6 heteroatoms. The third kappa shape index (κ3) is 2.90. The largest absolute Gasteiger partial charge is 0.490 e. The molecule has 2 heterocycles. The molecule has 21 heavy (non-hydrogen) atoms. The Morgan fingerprint density at radius 3 is 2.76 bits per heavy atom. The minimum absolute atomic E-state index is 0.0991. The summed E-state index contributed by atoms with van der Waals surface area (Å²) in [6.07, 6.45) is 1.71. The van der Waals surface area contributed by atoms with Crippen molar-refractivity contribution in [2.24, 2.45) is 0 Å². The van der Waals surface area contributed by atoms with Crippen molar-refractivity contribution in [3.05, 3.63) is 58.0 Å². The van der Waals surface area contributed by atoms with Crippen LogP contribution in [0.15, 0.2) is 46.7 Å². The number of fused-ring (bicyclic) bond motifs is 1. The first-order valence-corrected chi connectivity index (χ1v) is 7.46. The van der Waals surface area contributed by atoms with Crippen LogP contribution in [0.3, 0.4) is 0 Å². The second kappa shape index (κ2) is 5.97. The van der Waals surface area contributed by atoms with E-state index in [1.165, 1.54) is 21.8 Å². The lowest BCUT2D eigenvalue weighted by Crippen LogP contribution is -2.14. The zero-order valence-electron chi connectivity index (χ0n) is 11.5. The molecule has 108 valence electrons. The normalized spacial score (nSPS) is 10.7. The Morgan fingerprint density at radius 2 is 2.00 bits per heavy atom. The zero-order valence-corrected chi connectivity index (χ0v) is 12.3. The van der Waals surface area contributed by atoms with Crippen molar-refractivity contribution in [3.63, 3.8) is 0 Å². The van der Waals surface area contributed by atoms with Gasteiger partial charge in [0.1, 0.15) is 6.61 Å². The van der Waals surface area contributed by atoms with Crippen LogP contribution in [0.25, 0.3) is 4.96 Å². The molecule has 0 amide bonds. The Bertz CT molecular complexity index is 810. The minimum Gasteiger partial charge on any atom is -0.490 e. The summed E-state index contributed by atoms with van der Waals surface area (Å²) in [7, 11) is 0. The van der Waals surface area contributed by atoms with Gasteiger partial charge in [0, 0.05) is 17.6 Å². The third-order valence-electron chi connectivity index (χ3n) is 2.88. The van der Waals surface area contributed by atoms with Crippen LogP contribution in [0.5, 0.6) is 11.5 Å². The van der Waals surface area contributed by atoms with E-state index in [4.69, 9.17) is 9.47 Å². The molecule has 0 bridgehead atoms. The number of aromatic nitrogens is 2. The SMILES string of the molecule is CCOc1ccccc1OCc1cc(=O)n2ccsc2n1. The van der Waals surface area contributed by atoms with Crippen LogP contribution >= 0.6 is 11.3 Å². The van der Waals surface area contributed by atoms with Crippen molar-refractivity contribution in [1.82, 2.24) is 9.38 Å². The molecular formula is C15H14N2O3S. The minimum atomic E-state index is -0.0991. The molecule has 0 aliphatic heterocycles. The monoisotopic (exact) mass is 302 g/mol. The lowest BCUT2D eigenvalue weighted by Gasteiger charge is -2.11. The van der Waals surface area contributed by atoms with E-state index in [-0.39, 0.29) is 12.2 Å². The Kier molecular flexibility index (Phi) is 3.87. The molecule has 5 nitrogen and oxygen atoms in total. The molecule has 0 unspecified atom stereocenters. The topological polar surface area (TPSA) is 52.8 Å². The van der Waals surface area contributed by atoms with E-state index >= 15 is 0 Å². The van der Waals surface area contributed by atoms with Gasteiger partial charge in [-0.1, -0.05) is 12.1 Å². The van der Waals surface area contributed by atoms with E-state index in [1.807, 2.05) is 36.6 Å². The van der Waals surface area contributed by atoms with Gasteiger partial charge in [-0.15, -0.1) is 11.3 Å². The maximum absolute atomic E-state index is 11.9. The fourth-order valence-electron chi connectivity index (χ4n) is 1.96. The summed E-state index contributed by atoms with van der Waals surface area (Å²) in [5, 5.41) is 1.83. The van der Waals surface area contributed by atoms with Gasteiger partial charge in [-0.3, -0.25) is 9.20 Å². The summed E-state index contributed by atoms with van der Waals surface area (Å²) in [6, 6.07) is 8.94. The molecule has 0 saturated heterocycles. The molecule has 3 rings (SSSR count). The van der Waals surface area contributed by atoms with E-state index in [9.17, 15) is 4.79 Å². The molecule has 0 fully saturated rings. The third-order valence-corrected chi connectivity index (χ3v) is 3.64. The average Bonchev–Trinajstić information content (AvgIpc) is 2.96. The van der Waals surface area contributed by atoms with Crippen LogP contribution in [0, 0.1) is 0 Å². The van der Waals surface area contributed by atoms with Gasteiger partial charge in [0.2, 0.25) is 0 Å². The van der Waals surface area contributed by atoms with E-state index in [2.05, 4.69) is 4.98 Å². The number of rotatable bonds is 5. The number of para-hydroxylation sites is 2. The lowest BCUT2D eigenvalue weighted by molar-refractivity contribution is 0.266. The van der Waals surface area contributed by atoms with Crippen molar-refractivity contribution in [3.8, 4) is 11.5 Å². The molecular weight excluding hydrogens is 288 g/mol. The zero-order chi connectivity index (χ0) is 14.7. The predicted octanol–water partition coefficient (Wildman–Crippen LogP) is 2.73. The highest BCUT2D eigenvalue weighted by molar-refractivity contribution is 7.15. The van der Waals surface area contributed by atoms with E-state index in [1.54, 1.807) is 6.20 Å². The molecule has 0 radical (unpaired) electrons. The first-order chi connectivity index (χ1) is 10.3. The molecule has 0 saturated carbocycles. The second-order valence-electron chi connectivity index (χ2n) is 4.31. The summed E-state index contributed by atoms with van der Waals surface area (Å²) < 4.78 is 12.7. The summed E-state index contributed by atoms with van der Waals surface area (Å²) in [4.78, 5) is 17.0. The Morgan fingerprint density at radius 1 is 1.24 bits per heavy atom. The number of ether oxygens (including phenoxy) is 2. The standard InChI is InChI=1S/C15H14N2O3S/c1-2-19-12-5-3-4-6-13(12)20-10-11-9-14(18)17-7-8-21-15(17)16-11/h3-9H,2,10H2,1H3. The summed E-state index contributed by atoms with van der Waals surface area (Å²) in [5.41, 5.74) is 0.506. The van der Waals surface area contributed by atoms with Gasteiger partial charge in [0.15, 0.2) is 16.5 Å². The average molecular weight is 302 g/mol. The Labute approximate surface area is 125 Å². The van der Waals surface area contributed by atoms with Crippen LogP contribution in [0.1, 0.15) is 12.6 Å². The van der Waals surface area contributed by atoms with Crippen molar-refractivity contribution in [2.75, 3.05) is 6.61 Å². The fourth-order valence-corrected chi connectivity index (χ4v) is 2.70. The molecule has 3 aromatic rings. The van der Waals surface area contributed by atoms with Crippen molar-refractivity contribution in [1.29, 1.82) is 0 Å². The molecule has 0 aliphatic carbocycles. The van der Waals surface area contributed by atoms with Gasteiger partial charge in [-0.05, 0) is 19.1 Å². The first-order valence-electron chi connectivity index (χ1n) is 6.58. The highest BCUT2D eigenvalue weighted by Gasteiger charge is 2.07. The lowest BCUT2D eigenvalue weighted by atomic mass is 10.3. The van der Waals surface area contributed by atoms with E-state index in [0.717, 1.165) is 0 Å². The van der Waals surface area contributed by atoms with Gasteiger partial charge in [0.25, 0.3) is 5.56 Å². The molecule has 0 N–H and O–H groups in total. The predicted molar refractivity (Wildman–Crippen MR) is 81.3 cm³/mol. The maximum Gasteiger partial charge on any atom is 0.258 e. The van der Waals surface area contributed by atoms with E-state index in [0.29, 0.717) is 28.8 Å². The highest BCUT2D eigenvalue weighted by atomic mass is 32.1. The number of benzene rings is 1. The summed E-state index contributed by atoms with van der Waals surface area (Å²) in [6.45, 7) is 2.72. The Hall–Kier alpha value is -2.34. The number of hydrogen-bond acceptors (Lipinski definition) is 5. The van der Waals surface area contributed by atoms with Crippen molar-refractivity contribution in [2.45, 2.75) is 13.5 Å². The summed E-state index contributed by atoms with van der Waals surface area (Å²) in [5.74, 6) is 1.33. The number of nitrogens with zero attached hydrogens (tertiary/aromatic N) is 2. The van der Waals surface area contributed by atoms with Gasteiger partial charge in [-0.2, -0.15) is 0 Å². The van der Waals surface area contributed by atoms with Crippen molar-refractivity contribution < 1.29 is 9.47 Å². The van der Waals surface area contributed by atoms with Crippen LogP contribution in [-0.4, -0.2) is 16.0 Å². The van der Waals surface area contributed by atoms with Gasteiger partial charge in [0.05, 0.1) is 12.3 Å². The number of thiazole rings is 1. The summed E-state index contributed by atoms with van der Waals surface area (Å²) >= 11 is 1.42. The second-order valence-corrected chi connectivity index (χ2v) is 5.18. The maximum atomic E-state index is 11.9.